The SMILES string of the molecule is CCOC(=O)[C@H](CC(=O)N1CCC(N2Cc3ccccc3NC2=O)CC1)Nc1ccc2[nH]ncc2c1. The fraction of sp³-hybridized carbons (Fsp3) is 0.385. The van der Waals surface area contributed by atoms with Gasteiger partial charge in [0.2, 0.25) is 5.91 Å². The number of para-hydroxylation sites is 1. The number of ether oxygens (including phenoxy) is 1. The van der Waals surface area contributed by atoms with Crippen molar-refractivity contribution < 1.29 is 19.1 Å². The van der Waals surface area contributed by atoms with E-state index in [2.05, 4.69) is 20.8 Å². The number of piperidine rings is 1. The zero-order chi connectivity index (χ0) is 25.1. The zero-order valence-electron chi connectivity index (χ0n) is 20.2. The lowest BCUT2D eigenvalue weighted by atomic mass is 10.00. The molecule has 10 heteroatoms. The Hall–Kier alpha value is -4.08. The summed E-state index contributed by atoms with van der Waals surface area (Å²) in [6.07, 6.45) is 3.08. The second kappa shape index (κ2) is 10.3. The number of urea groups is 1. The Bertz CT molecular complexity index is 1270. The molecule has 1 atom stereocenters. The van der Waals surface area contributed by atoms with Crippen LogP contribution in [-0.2, 0) is 20.9 Å². The molecule has 10 nitrogen and oxygen atoms in total. The molecule has 188 valence electrons. The molecule has 0 saturated carbocycles. The smallest absolute Gasteiger partial charge is 0.329 e. The summed E-state index contributed by atoms with van der Waals surface area (Å²) in [5.41, 5.74) is 3.55. The number of rotatable bonds is 7. The molecule has 0 unspecified atom stereocenters. The molecular weight excluding hydrogens is 460 g/mol. The molecule has 0 radical (unpaired) electrons. The van der Waals surface area contributed by atoms with Crippen molar-refractivity contribution in [3.8, 4) is 0 Å². The van der Waals surface area contributed by atoms with E-state index in [1.165, 1.54) is 0 Å². The number of amides is 3. The minimum atomic E-state index is -0.802. The standard InChI is InChI=1S/C26H30N6O4/c1-2-36-25(34)23(28-19-7-8-22-18(13-19)15-27-30-22)14-24(33)31-11-9-20(10-12-31)32-16-17-5-3-4-6-21(17)29-26(32)35/h3-8,13,15,20,23,28H,2,9-12,14,16H2,1H3,(H,27,30)(H,29,35)/t23-/m0/s1. The maximum Gasteiger partial charge on any atom is 0.329 e. The normalized spacial score (nSPS) is 16.9. The van der Waals surface area contributed by atoms with E-state index in [9.17, 15) is 14.4 Å². The van der Waals surface area contributed by atoms with Gasteiger partial charge in [0.25, 0.3) is 0 Å². The van der Waals surface area contributed by atoms with Crippen molar-refractivity contribution in [2.45, 2.75) is 44.8 Å². The average Bonchev–Trinajstić information content (AvgIpc) is 3.36. The molecule has 3 amide bonds. The molecule has 1 aromatic heterocycles. The monoisotopic (exact) mass is 490 g/mol. The van der Waals surface area contributed by atoms with Gasteiger partial charge in [-0.25, -0.2) is 9.59 Å². The predicted molar refractivity (Wildman–Crippen MR) is 135 cm³/mol. The van der Waals surface area contributed by atoms with Crippen LogP contribution in [0.25, 0.3) is 10.9 Å². The Kier molecular flexibility index (Phi) is 6.75. The van der Waals surface area contributed by atoms with Gasteiger partial charge in [-0.3, -0.25) is 9.89 Å². The molecule has 1 saturated heterocycles. The van der Waals surface area contributed by atoms with Gasteiger partial charge in [0.15, 0.2) is 0 Å². The van der Waals surface area contributed by atoms with Crippen LogP contribution in [0.1, 0.15) is 31.7 Å². The molecule has 36 heavy (non-hydrogen) atoms. The average molecular weight is 491 g/mol. The van der Waals surface area contributed by atoms with Gasteiger partial charge >= 0.3 is 12.0 Å². The van der Waals surface area contributed by atoms with Crippen LogP contribution < -0.4 is 10.6 Å². The van der Waals surface area contributed by atoms with Crippen LogP contribution in [0.2, 0.25) is 0 Å². The molecule has 2 aliphatic rings. The number of esters is 1. The van der Waals surface area contributed by atoms with E-state index in [0.29, 0.717) is 38.2 Å². The molecule has 2 aliphatic heterocycles. The first-order valence-electron chi connectivity index (χ1n) is 12.3. The van der Waals surface area contributed by atoms with E-state index >= 15 is 0 Å². The quantitative estimate of drug-likeness (QED) is 0.437. The minimum Gasteiger partial charge on any atom is -0.464 e. The summed E-state index contributed by atoms with van der Waals surface area (Å²) in [5, 5.41) is 13.9. The number of nitrogens with one attached hydrogen (secondary N) is 3. The van der Waals surface area contributed by atoms with Gasteiger partial charge in [-0.1, -0.05) is 18.2 Å². The van der Waals surface area contributed by atoms with Crippen LogP contribution in [0, 0.1) is 0 Å². The van der Waals surface area contributed by atoms with Gasteiger partial charge in [0.1, 0.15) is 6.04 Å². The Balaban J connectivity index is 1.20. The molecule has 3 aromatic rings. The van der Waals surface area contributed by atoms with E-state index in [1.54, 1.807) is 18.0 Å². The topological polar surface area (TPSA) is 120 Å². The largest absolute Gasteiger partial charge is 0.464 e. The molecule has 0 spiro atoms. The predicted octanol–water partition coefficient (Wildman–Crippen LogP) is 3.34. The van der Waals surface area contributed by atoms with Crippen LogP contribution in [0.4, 0.5) is 16.2 Å². The lowest BCUT2D eigenvalue weighted by Gasteiger charge is -2.40. The van der Waals surface area contributed by atoms with Crippen molar-refractivity contribution in [1.82, 2.24) is 20.0 Å². The summed E-state index contributed by atoms with van der Waals surface area (Å²) in [7, 11) is 0. The fourth-order valence-electron chi connectivity index (χ4n) is 4.92. The molecule has 3 heterocycles. The van der Waals surface area contributed by atoms with Gasteiger partial charge in [-0.15, -0.1) is 0 Å². The number of likely N-dealkylation sites (tertiary alicyclic amines) is 1. The lowest BCUT2D eigenvalue weighted by molar-refractivity contribution is -0.147. The van der Waals surface area contributed by atoms with Crippen LogP contribution >= 0.6 is 0 Å². The second-order valence-electron chi connectivity index (χ2n) is 9.15. The summed E-state index contributed by atoms with van der Waals surface area (Å²) in [6.45, 7) is 3.61. The van der Waals surface area contributed by atoms with Crippen molar-refractivity contribution in [1.29, 1.82) is 0 Å². The highest BCUT2D eigenvalue weighted by Crippen LogP contribution is 2.28. The molecule has 0 aliphatic carbocycles. The highest BCUT2D eigenvalue weighted by Gasteiger charge is 2.34. The van der Waals surface area contributed by atoms with Crippen molar-refractivity contribution >= 4 is 40.2 Å². The van der Waals surface area contributed by atoms with Crippen molar-refractivity contribution in [3.05, 3.63) is 54.2 Å². The van der Waals surface area contributed by atoms with E-state index in [-0.39, 0.29) is 31.0 Å². The Morgan fingerprint density at radius 1 is 1.19 bits per heavy atom. The van der Waals surface area contributed by atoms with Gasteiger partial charge < -0.3 is 25.2 Å². The van der Waals surface area contributed by atoms with Gasteiger partial charge in [0, 0.05) is 42.4 Å². The number of H-pyrrole nitrogens is 1. The first kappa shape index (κ1) is 23.7. The lowest BCUT2D eigenvalue weighted by Crippen LogP contribution is -2.51. The summed E-state index contributed by atoms with van der Waals surface area (Å²) in [4.78, 5) is 42.1. The second-order valence-corrected chi connectivity index (χ2v) is 9.15. The van der Waals surface area contributed by atoms with E-state index < -0.39 is 12.0 Å². The number of benzene rings is 2. The highest BCUT2D eigenvalue weighted by atomic mass is 16.5. The number of aromatic nitrogens is 2. The third kappa shape index (κ3) is 4.98. The molecule has 0 bridgehead atoms. The number of anilines is 2. The molecule has 1 fully saturated rings. The van der Waals surface area contributed by atoms with Gasteiger partial charge in [0.05, 0.1) is 24.7 Å². The number of hydrogen-bond donors (Lipinski definition) is 3. The maximum absolute atomic E-state index is 13.2. The first-order valence-corrected chi connectivity index (χ1v) is 12.3. The first-order chi connectivity index (χ1) is 17.5. The highest BCUT2D eigenvalue weighted by molar-refractivity contribution is 5.92. The summed E-state index contributed by atoms with van der Waals surface area (Å²) < 4.78 is 5.23. The molecule has 5 rings (SSSR count). The number of fused-ring (bicyclic) bond motifs is 2. The van der Waals surface area contributed by atoms with Crippen LogP contribution in [0.5, 0.6) is 0 Å². The third-order valence-electron chi connectivity index (χ3n) is 6.85. The van der Waals surface area contributed by atoms with E-state index in [0.717, 1.165) is 22.2 Å². The number of carbonyl (C=O) groups excluding carboxylic acids is 3. The number of aromatic amines is 1. The van der Waals surface area contributed by atoms with E-state index in [1.807, 2.05) is 47.4 Å². The van der Waals surface area contributed by atoms with Crippen molar-refractivity contribution in [2.24, 2.45) is 0 Å². The van der Waals surface area contributed by atoms with Crippen molar-refractivity contribution in [3.63, 3.8) is 0 Å². The maximum atomic E-state index is 13.2. The van der Waals surface area contributed by atoms with Crippen molar-refractivity contribution in [2.75, 3.05) is 30.3 Å². The molecular formula is C26H30N6O4. The number of hydrogen-bond acceptors (Lipinski definition) is 6. The third-order valence-corrected chi connectivity index (χ3v) is 6.85. The summed E-state index contributed by atoms with van der Waals surface area (Å²) in [6, 6.07) is 12.6. The van der Waals surface area contributed by atoms with Crippen LogP contribution in [0.3, 0.4) is 0 Å². The molecule has 3 N–H and O–H groups in total. The molecule has 2 aromatic carbocycles. The Labute approximate surface area is 209 Å². The fourth-order valence-corrected chi connectivity index (χ4v) is 4.92. The van der Waals surface area contributed by atoms with Crippen LogP contribution in [0.15, 0.2) is 48.7 Å². The van der Waals surface area contributed by atoms with Crippen LogP contribution in [-0.4, -0.2) is 69.7 Å². The summed E-state index contributed by atoms with van der Waals surface area (Å²) in [5.74, 6) is -0.575. The Morgan fingerprint density at radius 3 is 2.81 bits per heavy atom. The minimum absolute atomic E-state index is 0.00942. The van der Waals surface area contributed by atoms with Gasteiger partial charge in [-0.05, 0) is 49.6 Å². The van der Waals surface area contributed by atoms with Gasteiger partial charge in [-0.2, -0.15) is 5.10 Å². The van der Waals surface area contributed by atoms with E-state index in [4.69, 9.17) is 4.74 Å². The zero-order valence-corrected chi connectivity index (χ0v) is 20.2. The number of carbonyl (C=O) groups is 3. The summed E-state index contributed by atoms with van der Waals surface area (Å²) >= 11 is 0. The Morgan fingerprint density at radius 2 is 2.00 bits per heavy atom. The number of nitrogens with zero attached hydrogens (tertiary/aromatic N) is 3.